The maximum atomic E-state index is 12.5. The smallest absolute Gasteiger partial charge is 0.258 e. The number of carbonyl (C=O) groups excluding carboxylic acids is 1. The monoisotopic (exact) mass is 455 g/mol. The first-order chi connectivity index (χ1) is 14.4. The molecule has 1 heterocycles. The number of aryl methyl sites for hydroxylation is 1. The number of rotatable bonds is 3. The number of benzene rings is 3. The Labute approximate surface area is 187 Å². The predicted molar refractivity (Wildman–Crippen MR) is 124 cm³/mol. The van der Waals surface area contributed by atoms with Crippen molar-refractivity contribution >= 4 is 63.2 Å². The van der Waals surface area contributed by atoms with Crippen LogP contribution in [0.25, 0.3) is 16.7 Å². The van der Waals surface area contributed by atoms with Crippen LogP contribution in [0, 0.1) is 6.92 Å². The van der Waals surface area contributed by atoms with Crippen LogP contribution in [0.2, 0.25) is 10.0 Å². The second-order valence-electron chi connectivity index (χ2n) is 6.54. The molecule has 0 unspecified atom stereocenters. The highest BCUT2D eigenvalue weighted by atomic mass is 35.5. The van der Waals surface area contributed by atoms with Gasteiger partial charge in [-0.05, 0) is 61.1 Å². The lowest BCUT2D eigenvalue weighted by atomic mass is 10.1. The van der Waals surface area contributed by atoms with Crippen LogP contribution in [0.4, 0.5) is 5.69 Å². The van der Waals surface area contributed by atoms with Gasteiger partial charge in [-0.15, -0.1) is 10.2 Å². The fourth-order valence-corrected chi connectivity index (χ4v) is 3.57. The van der Waals surface area contributed by atoms with E-state index in [1.165, 1.54) is 4.80 Å². The Kier molecular flexibility index (Phi) is 5.67. The third-order valence-electron chi connectivity index (χ3n) is 4.30. The average molecular weight is 456 g/mol. The number of para-hydroxylation sites is 1. The van der Waals surface area contributed by atoms with Crippen molar-refractivity contribution in [2.24, 2.45) is 0 Å². The molecule has 0 aliphatic carbocycles. The summed E-state index contributed by atoms with van der Waals surface area (Å²) in [5, 5.41) is 15.3. The van der Waals surface area contributed by atoms with Crippen LogP contribution < -0.4 is 10.6 Å². The third-order valence-corrected chi connectivity index (χ3v) is 5.13. The normalized spacial score (nSPS) is 10.8. The number of fused-ring (bicyclic) bond motifs is 1. The van der Waals surface area contributed by atoms with Crippen LogP contribution in [0.3, 0.4) is 0 Å². The molecule has 0 saturated carbocycles. The topological polar surface area (TPSA) is 71.8 Å². The number of hydrogen-bond acceptors (Lipinski definition) is 4. The minimum absolute atomic E-state index is 0.0911. The van der Waals surface area contributed by atoms with Crippen LogP contribution in [0.5, 0.6) is 0 Å². The molecule has 3 aromatic carbocycles. The summed E-state index contributed by atoms with van der Waals surface area (Å²) in [5.74, 6) is -0.412. The predicted octanol–water partition coefficient (Wildman–Crippen LogP) is 5.16. The Morgan fingerprint density at radius 1 is 0.967 bits per heavy atom. The zero-order chi connectivity index (χ0) is 21.3. The summed E-state index contributed by atoms with van der Waals surface area (Å²) in [6.07, 6.45) is 0. The van der Waals surface area contributed by atoms with Crippen molar-refractivity contribution in [3.8, 4) is 5.69 Å². The minimum Gasteiger partial charge on any atom is -0.331 e. The molecule has 0 aliphatic heterocycles. The molecule has 0 atom stereocenters. The van der Waals surface area contributed by atoms with Gasteiger partial charge in [0.25, 0.3) is 5.91 Å². The highest BCUT2D eigenvalue weighted by Crippen LogP contribution is 2.27. The molecule has 4 aromatic rings. The van der Waals surface area contributed by atoms with Crippen molar-refractivity contribution in [1.82, 2.24) is 20.3 Å². The highest BCUT2D eigenvalue weighted by Gasteiger charge is 2.14. The highest BCUT2D eigenvalue weighted by molar-refractivity contribution is 7.80. The van der Waals surface area contributed by atoms with Gasteiger partial charge >= 0.3 is 0 Å². The summed E-state index contributed by atoms with van der Waals surface area (Å²) in [6.45, 7) is 1.89. The fraction of sp³-hybridized carbons (Fsp3) is 0.0476. The molecule has 0 aliphatic rings. The van der Waals surface area contributed by atoms with Gasteiger partial charge in [0.1, 0.15) is 11.0 Å². The molecule has 0 fully saturated rings. The van der Waals surface area contributed by atoms with Gasteiger partial charge in [-0.1, -0.05) is 47.5 Å². The van der Waals surface area contributed by atoms with Gasteiger partial charge in [-0.3, -0.25) is 10.1 Å². The van der Waals surface area contributed by atoms with Crippen LogP contribution in [-0.4, -0.2) is 26.0 Å². The molecule has 2 N–H and O–H groups in total. The molecule has 1 aromatic heterocycles. The van der Waals surface area contributed by atoms with Crippen molar-refractivity contribution in [2.75, 3.05) is 5.32 Å². The summed E-state index contributed by atoms with van der Waals surface area (Å²) in [4.78, 5) is 14.0. The Balaban J connectivity index is 1.53. The average Bonchev–Trinajstić information content (AvgIpc) is 3.11. The van der Waals surface area contributed by atoms with Crippen LogP contribution in [0.1, 0.15) is 15.9 Å². The number of aromatic nitrogens is 3. The summed E-state index contributed by atoms with van der Waals surface area (Å²) in [7, 11) is 0. The number of amides is 1. The molecule has 1 amide bonds. The van der Waals surface area contributed by atoms with Gasteiger partial charge < -0.3 is 5.32 Å². The lowest BCUT2D eigenvalue weighted by molar-refractivity contribution is 0.0978. The lowest BCUT2D eigenvalue weighted by Gasteiger charge is -2.11. The Bertz CT molecular complexity index is 1270. The first-order valence-electron chi connectivity index (χ1n) is 8.91. The molecule has 30 heavy (non-hydrogen) atoms. The molecule has 0 radical (unpaired) electrons. The quantitative estimate of drug-likeness (QED) is 0.417. The largest absolute Gasteiger partial charge is 0.331 e. The summed E-state index contributed by atoms with van der Waals surface area (Å²) < 4.78 is 0. The second-order valence-corrected chi connectivity index (χ2v) is 7.76. The molecular weight excluding hydrogens is 441 g/mol. The van der Waals surface area contributed by atoms with Crippen LogP contribution >= 0.6 is 35.4 Å². The Hall–Kier alpha value is -3.00. The molecule has 9 heteroatoms. The number of nitrogens with zero attached hydrogens (tertiary/aromatic N) is 3. The van der Waals surface area contributed by atoms with Crippen molar-refractivity contribution in [3.63, 3.8) is 0 Å². The number of carbonyl (C=O) groups is 1. The molecule has 150 valence electrons. The molecule has 0 saturated heterocycles. The van der Waals surface area contributed by atoms with E-state index in [1.807, 2.05) is 37.3 Å². The van der Waals surface area contributed by atoms with E-state index in [1.54, 1.807) is 30.3 Å². The van der Waals surface area contributed by atoms with E-state index in [9.17, 15) is 4.79 Å². The molecule has 6 nitrogen and oxygen atoms in total. The Morgan fingerprint density at radius 3 is 2.37 bits per heavy atom. The zero-order valence-electron chi connectivity index (χ0n) is 15.7. The van der Waals surface area contributed by atoms with Gasteiger partial charge in [0, 0.05) is 0 Å². The lowest BCUT2D eigenvalue weighted by Crippen LogP contribution is -2.34. The van der Waals surface area contributed by atoms with Crippen LogP contribution in [-0.2, 0) is 0 Å². The number of hydrogen-bond donors (Lipinski definition) is 2. The molecule has 0 bridgehead atoms. The number of anilines is 1. The van der Waals surface area contributed by atoms with Crippen molar-refractivity contribution in [2.45, 2.75) is 6.92 Å². The van der Waals surface area contributed by atoms with E-state index in [0.717, 1.165) is 11.3 Å². The minimum atomic E-state index is -0.412. The first-order valence-corrected chi connectivity index (χ1v) is 10.1. The molecule has 0 spiro atoms. The van der Waals surface area contributed by atoms with E-state index in [2.05, 4.69) is 20.8 Å². The van der Waals surface area contributed by atoms with Crippen molar-refractivity contribution < 1.29 is 4.79 Å². The van der Waals surface area contributed by atoms with E-state index in [4.69, 9.17) is 35.4 Å². The van der Waals surface area contributed by atoms with Gasteiger partial charge in [0.15, 0.2) is 5.11 Å². The summed E-state index contributed by atoms with van der Waals surface area (Å²) >= 11 is 17.8. The maximum absolute atomic E-state index is 12.5. The molecule has 4 rings (SSSR count). The first kappa shape index (κ1) is 20.3. The zero-order valence-corrected chi connectivity index (χ0v) is 18.0. The summed E-state index contributed by atoms with van der Waals surface area (Å²) in [6, 6.07) is 18.1. The summed E-state index contributed by atoms with van der Waals surface area (Å²) in [5.41, 5.74) is 3.89. The van der Waals surface area contributed by atoms with Gasteiger partial charge in [0.2, 0.25) is 0 Å². The van der Waals surface area contributed by atoms with Crippen molar-refractivity contribution in [1.29, 1.82) is 0 Å². The Morgan fingerprint density at radius 2 is 1.67 bits per heavy atom. The van der Waals surface area contributed by atoms with Gasteiger partial charge in [-0.25, -0.2) is 0 Å². The SMILES string of the molecule is Cc1ccc(C(=O)NC(=S)Nc2cc3nn(-c4ccccc4)nc3cc2Cl)c(Cl)c1. The number of thiocarbonyl (C=S) groups is 1. The standard InChI is InChI=1S/C21H15Cl2N5OS/c1-12-7-8-14(15(22)9-12)20(29)25-21(30)24-17-11-19-18(10-16(17)23)26-28(27-19)13-5-3-2-4-6-13/h2-11H,1H3,(H2,24,25,29,30). The maximum Gasteiger partial charge on any atom is 0.258 e. The third kappa shape index (κ3) is 4.28. The second kappa shape index (κ2) is 8.39. The van der Waals surface area contributed by atoms with E-state index in [0.29, 0.717) is 32.3 Å². The van der Waals surface area contributed by atoms with Crippen molar-refractivity contribution in [3.05, 3.63) is 81.8 Å². The van der Waals surface area contributed by atoms with Gasteiger partial charge in [-0.2, -0.15) is 4.80 Å². The van der Waals surface area contributed by atoms with Crippen LogP contribution in [0.15, 0.2) is 60.7 Å². The van der Waals surface area contributed by atoms with E-state index in [-0.39, 0.29) is 5.11 Å². The molecular formula is C21H15Cl2N5OS. The van der Waals surface area contributed by atoms with E-state index < -0.39 is 5.91 Å². The number of halogens is 2. The fourth-order valence-electron chi connectivity index (χ4n) is 2.84. The van der Waals surface area contributed by atoms with E-state index >= 15 is 0 Å². The number of nitrogens with one attached hydrogen (secondary N) is 2. The van der Waals surface area contributed by atoms with Gasteiger partial charge in [0.05, 0.1) is 27.0 Å².